The lowest BCUT2D eigenvalue weighted by Crippen LogP contribution is -2.41. The van der Waals surface area contributed by atoms with Crippen molar-refractivity contribution in [1.29, 1.82) is 0 Å². The lowest BCUT2D eigenvalue weighted by molar-refractivity contribution is -0.188. The number of rotatable bonds is 3. The number of benzene rings is 1. The van der Waals surface area contributed by atoms with Crippen LogP contribution < -0.4 is 9.47 Å². The standard InChI is InChI=1S/C15H13Cl2F3O4/c1-4-23-14(21)8-5-7-6(2)9(16)10(17)12(22-3)11(7)24-13(8)15(18,19)20/h5,13H,4H2,1-3H3. The van der Waals surface area contributed by atoms with E-state index in [9.17, 15) is 18.0 Å². The summed E-state index contributed by atoms with van der Waals surface area (Å²) in [5.74, 6) is -1.47. The molecule has 0 saturated carbocycles. The highest BCUT2D eigenvalue weighted by molar-refractivity contribution is 6.43. The minimum Gasteiger partial charge on any atom is -0.491 e. The van der Waals surface area contributed by atoms with Gasteiger partial charge in [0.25, 0.3) is 0 Å². The number of halogens is 5. The van der Waals surface area contributed by atoms with E-state index in [0.29, 0.717) is 5.56 Å². The second kappa shape index (κ2) is 6.72. The highest BCUT2D eigenvalue weighted by Crippen LogP contribution is 2.50. The van der Waals surface area contributed by atoms with Crippen molar-refractivity contribution in [2.45, 2.75) is 26.1 Å². The van der Waals surface area contributed by atoms with Gasteiger partial charge in [-0.1, -0.05) is 23.2 Å². The summed E-state index contributed by atoms with van der Waals surface area (Å²) in [6.45, 7) is 2.96. The number of carbonyl (C=O) groups is 1. The summed E-state index contributed by atoms with van der Waals surface area (Å²) in [5, 5.41) is 0.0325. The van der Waals surface area contributed by atoms with Crippen LogP contribution in [0.25, 0.3) is 6.08 Å². The third-order valence-electron chi connectivity index (χ3n) is 3.41. The van der Waals surface area contributed by atoms with Crippen molar-refractivity contribution in [3.8, 4) is 11.5 Å². The Bertz CT molecular complexity index is 714. The average molecular weight is 385 g/mol. The van der Waals surface area contributed by atoms with Crippen molar-refractivity contribution in [3.63, 3.8) is 0 Å². The van der Waals surface area contributed by atoms with Crippen LogP contribution in [0.2, 0.25) is 10.0 Å². The Labute approximate surface area is 146 Å². The second-order valence-electron chi connectivity index (χ2n) is 4.89. The van der Waals surface area contributed by atoms with Gasteiger partial charge in [0.2, 0.25) is 6.10 Å². The third kappa shape index (κ3) is 3.15. The number of hydrogen-bond donors (Lipinski definition) is 0. The van der Waals surface area contributed by atoms with Crippen LogP contribution in [-0.4, -0.2) is 32.0 Å². The third-order valence-corrected chi connectivity index (χ3v) is 4.34. The van der Waals surface area contributed by atoms with Gasteiger partial charge in [-0.2, -0.15) is 13.2 Å². The lowest BCUT2D eigenvalue weighted by atomic mass is 9.97. The molecular formula is C15H13Cl2F3O4. The molecule has 24 heavy (non-hydrogen) atoms. The van der Waals surface area contributed by atoms with E-state index in [-0.39, 0.29) is 33.7 Å². The lowest BCUT2D eigenvalue weighted by Gasteiger charge is -2.30. The summed E-state index contributed by atoms with van der Waals surface area (Å²) in [5.41, 5.74) is -0.120. The fourth-order valence-electron chi connectivity index (χ4n) is 2.28. The molecule has 0 amide bonds. The van der Waals surface area contributed by atoms with E-state index in [2.05, 4.69) is 0 Å². The summed E-state index contributed by atoms with van der Waals surface area (Å²) in [4.78, 5) is 11.9. The molecular weight excluding hydrogens is 372 g/mol. The number of alkyl halides is 3. The molecule has 0 bridgehead atoms. The molecule has 1 unspecified atom stereocenters. The van der Waals surface area contributed by atoms with Gasteiger partial charge in [-0.25, -0.2) is 4.79 Å². The maximum atomic E-state index is 13.3. The SMILES string of the molecule is CCOC(=O)C1=Cc2c(C)c(Cl)c(Cl)c(OC)c2OC1C(F)(F)F. The average Bonchev–Trinajstić information content (AvgIpc) is 2.51. The van der Waals surface area contributed by atoms with Gasteiger partial charge in [-0.3, -0.25) is 0 Å². The van der Waals surface area contributed by atoms with Gasteiger partial charge in [0, 0.05) is 5.56 Å². The molecule has 1 aliphatic rings. The first kappa shape index (κ1) is 18.7. The number of hydrogen-bond acceptors (Lipinski definition) is 4. The topological polar surface area (TPSA) is 44.8 Å². The van der Waals surface area contributed by atoms with Gasteiger partial charge < -0.3 is 14.2 Å². The van der Waals surface area contributed by atoms with Crippen molar-refractivity contribution in [1.82, 2.24) is 0 Å². The van der Waals surface area contributed by atoms with E-state index in [1.54, 1.807) is 6.92 Å². The molecule has 0 N–H and O–H groups in total. The van der Waals surface area contributed by atoms with Crippen LogP contribution >= 0.6 is 23.2 Å². The van der Waals surface area contributed by atoms with Crippen LogP contribution in [-0.2, 0) is 9.53 Å². The highest BCUT2D eigenvalue weighted by atomic mass is 35.5. The molecule has 1 atom stereocenters. The maximum Gasteiger partial charge on any atom is 0.430 e. The predicted octanol–water partition coefficient (Wildman–Crippen LogP) is 4.58. The largest absolute Gasteiger partial charge is 0.491 e. The number of fused-ring (bicyclic) bond motifs is 1. The Morgan fingerprint density at radius 2 is 1.96 bits per heavy atom. The van der Waals surface area contributed by atoms with Gasteiger partial charge in [-0.15, -0.1) is 0 Å². The fraction of sp³-hybridized carbons (Fsp3) is 0.400. The van der Waals surface area contributed by atoms with Crippen molar-refractivity contribution in [2.24, 2.45) is 0 Å². The Morgan fingerprint density at radius 3 is 2.46 bits per heavy atom. The minimum absolute atomic E-state index is 0.0654. The number of methoxy groups -OCH3 is 1. The van der Waals surface area contributed by atoms with Crippen molar-refractivity contribution >= 4 is 35.2 Å². The Morgan fingerprint density at radius 1 is 1.33 bits per heavy atom. The quantitative estimate of drug-likeness (QED) is 0.715. The Balaban J connectivity index is 2.73. The van der Waals surface area contributed by atoms with Crippen LogP contribution in [0.15, 0.2) is 5.57 Å². The van der Waals surface area contributed by atoms with Crippen molar-refractivity contribution in [3.05, 3.63) is 26.7 Å². The first-order valence-electron chi connectivity index (χ1n) is 6.81. The normalized spacial score (nSPS) is 16.8. The highest BCUT2D eigenvalue weighted by Gasteiger charge is 2.49. The molecule has 0 fully saturated rings. The van der Waals surface area contributed by atoms with E-state index in [4.69, 9.17) is 37.4 Å². The predicted molar refractivity (Wildman–Crippen MR) is 82.8 cm³/mol. The van der Waals surface area contributed by atoms with Crippen LogP contribution in [0.4, 0.5) is 13.2 Å². The van der Waals surface area contributed by atoms with Crippen molar-refractivity contribution < 1.29 is 32.2 Å². The van der Waals surface area contributed by atoms with Crippen molar-refractivity contribution in [2.75, 3.05) is 13.7 Å². The number of ether oxygens (including phenoxy) is 3. The van der Waals surface area contributed by atoms with Gasteiger partial charge in [0.1, 0.15) is 5.02 Å². The molecule has 2 rings (SSSR count). The summed E-state index contributed by atoms with van der Waals surface area (Å²) >= 11 is 12.1. The number of carbonyl (C=O) groups excluding carboxylic acids is 1. The van der Waals surface area contributed by atoms with E-state index < -0.39 is 23.8 Å². The van der Waals surface area contributed by atoms with E-state index in [0.717, 1.165) is 6.08 Å². The Hall–Kier alpha value is -1.60. The zero-order valence-corrected chi connectivity index (χ0v) is 14.4. The molecule has 0 aliphatic carbocycles. The van der Waals surface area contributed by atoms with Crippen LogP contribution in [0, 0.1) is 6.92 Å². The smallest absolute Gasteiger partial charge is 0.430 e. The molecule has 132 valence electrons. The summed E-state index contributed by atoms with van der Waals surface area (Å²) in [6.07, 6.45) is -6.27. The molecule has 1 heterocycles. The first-order valence-corrected chi connectivity index (χ1v) is 7.56. The zero-order chi connectivity index (χ0) is 18.2. The number of esters is 1. The maximum absolute atomic E-state index is 13.3. The van der Waals surface area contributed by atoms with E-state index in [1.165, 1.54) is 14.0 Å². The van der Waals surface area contributed by atoms with Gasteiger partial charge in [-0.05, 0) is 25.5 Å². The zero-order valence-electron chi connectivity index (χ0n) is 12.9. The van der Waals surface area contributed by atoms with Gasteiger partial charge in [0.15, 0.2) is 11.5 Å². The molecule has 0 radical (unpaired) electrons. The fourth-order valence-corrected chi connectivity index (χ4v) is 2.78. The summed E-state index contributed by atoms with van der Waals surface area (Å²) in [7, 11) is 1.23. The molecule has 1 aliphatic heterocycles. The first-order chi connectivity index (χ1) is 11.1. The molecule has 0 saturated heterocycles. The molecule has 0 spiro atoms. The van der Waals surface area contributed by atoms with E-state index in [1.807, 2.05) is 0 Å². The molecule has 1 aromatic rings. The summed E-state index contributed by atoms with van der Waals surface area (Å²) < 4.78 is 54.8. The van der Waals surface area contributed by atoms with Crippen LogP contribution in [0.3, 0.4) is 0 Å². The van der Waals surface area contributed by atoms with E-state index >= 15 is 0 Å². The second-order valence-corrected chi connectivity index (χ2v) is 5.64. The van der Waals surface area contributed by atoms with Crippen LogP contribution in [0.5, 0.6) is 11.5 Å². The molecule has 1 aromatic carbocycles. The van der Waals surface area contributed by atoms with Gasteiger partial charge in [0.05, 0.1) is 24.3 Å². The van der Waals surface area contributed by atoms with Gasteiger partial charge >= 0.3 is 12.1 Å². The molecule has 4 nitrogen and oxygen atoms in total. The summed E-state index contributed by atoms with van der Waals surface area (Å²) in [6, 6.07) is 0. The van der Waals surface area contributed by atoms with Crippen LogP contribution in [0.1, 0.15) is 18.1 Å². The molecule has 0 aromatic heterocycles. The molecule has 9 heteroatoms. The Kier molecular flexibility index (Phi) is 5.25. The minimum atomic E-state index is -4.83. The monoisotopic (exact) mass is 384 g/mol.